The van der Waals surface area contributed by atoms with Crippen LogP contribution in [-0.2, 0) is 6.42 Å². The first-order valence-electron chi connectivity index (χ1n) is 4.81. The van der Waals surface area contributed by atoms with Gasteiger partial charge in [-0.2, -0.15) is 0 Å². The number of aliphatic hydroxyl groups excluding tert-OH is 1. The smallest absolute Gasteiger partial charge is 0.404 e. The van der Waals surface area contributed by atoms with E-state index in [-0.39, 0.29) is 0 Å². The van der Waals surface area contributed by atoms with Crippen LogP contribution in [0.3, 0.4) is 0 Å². The first-order valence-corrected chi connectivity index (χ1v) is 4.81. The molecule has 0 saturated carbocycles. The topological polar surface area (TPSA) is 69.6 Å². The summed E-state index contributed by atoms with van der Waals surface area (Å²) in [6.07, 6.45) is -1.37. The third-order valence-electron chi connectivity index (χ3n) is 2.22. The molecular weight excluding hydrogens is 194 g/mol. The van der Waals surface area contributed by atoms with Crippen molar-refractivity contribution in [3.8, 4) is 0 Å². The molecule has 82 valence electrons. The Bertz CT molecular complexity index is 313. The zero-order chi connectivity index (χ0) is 11.3. The average molecular weight is 209 g/mol. The number of benzene rings is 1. The monoisotopic (exact) mass is 209 g/mol. The van der Waals surface area contributed by atoms with Crippen LogP contribution >= 0.6 is 0 Å². The van der Waals surface area contributed by atoms with E-state index in [0.717, 1.165) is 5.56 Å². The molecule has 3 N–H and O–H groups in total. The third-order valence-corrected chi connectivity index (χ3v) is 2.22. The molecule has 0 saturated heterocycles. The summed E-state index contributed by atoms with van der Waals surface area (Å²) in [6, 6.07) is 9.00. The van der Waals surface area contributed by atoms with E-state index < -0.39 is 18.2 Å². The van der Waals surface area contributed by atoms with Crippen molar-refractivity contribution in [1.82, 2.24) is 5.32 Å². The molecule has 0 aromatic heterocycles. The van der Waals surface area contributed by atoms with E-state index in [0.29, 0.717) is 6.42 Å². The Morgan fingerprint density at radius 3 is 2.53 bits per heavy atom. The van der Waals surface area contributed by atoms with Gasteiger partial charge in [0.05, 0.1) is 12.1 Å². The van der Waals surface area contributed by atoms with Gasteiger partial charge in [-0.05, 0) is 12.5 Å². The van der Waals surface area contributed by atoms with Gasteiger partial charge in [-0.3, -0.25) is 0 Å². The maximum Gasteiger partial charge on any atom is 0.404 e. The lowest BCUT2D eigenvalue weighted by molar-refractivity contribution is 0.126. The van der Waals surface area contributed by atoms with Crippen molar-refractivity contribution in [2.45, 2.75) is 25.5 Å². The molecular formula is C11H15NO3. The highest BCUT2D eigenvalue weighted by Gasteiger charge is 2.16. The van der Waals surface area contributed by atoms with Crippen molar-refractivity contribution in [1.29, 1.82) is 0 Å². The minimum Gasteiger partial charge on any atom is -0.465 e. The van der Waals surface area contributed by atoms with Crippen molar-refractivity contribution in [3.05, 3.63) is 35.9 Å². The second kappa shape index (κ2) is 5.36. The SMILES string of the molecule is C[C@H](NC(=O)O)[C@H](O)Cc1ccccc1. The molecule has 4 nitrogen and oxygen atoms in total. The number of aliphatic hydroxyl groups is 1. The molecule has 1 aromatic rings. The van der Waals surface area contributed by atoms with Crippen LogP contribution in [0.4, 0.5) is 4.79 Å². The van der Waals surface area contributed by atoms with Crippen molar-refractivity contribution >= 4 is 6.09 Å². The molecule has 0 fully saturated rings. The lowest BCUT2D eigenvalue weighted by Gasteiger charge is -2.18. The fourth-order valence-electron chi connectivity index (χ4n) is 1.32. The van der Waals surface area contributed by atoms with Gasteiger partial charge in [0.2, 0.25) is 0 Å². The first-order chi connectivity index (χ1) is 7.09. The molecule has 0 bridgehead atoms. The molecule has 0 aliphatic carbocycles. The van der Waals surface area contributed by atoms with Crippen molar-refractivity contribution in [2.75, 3.05) is 0 Å². The summed E-state index contributed by atoms with van der Waals surface area (Å²) in [7, 11) is 0. The van der Waals surface area contributed by atoms with E-state index in [4.69, 9.17) is 5.11 Å². The molecule has 0 aliphatic heterocycles. The lowest BCUT2D eigenvalue weighted by Crippen LogP contribution is -2.41. The minimum atomic E-state index is -1.12. The quantitative estimate of drug-likeness (QED) is 0.699. The summed E-state index contributed by atoms with van der Waals surface area (Å²) < 4.78 is 0. The number of amides is 1. The summed E-state index contributed by atoms with van der Waals surface area (Å²) in [4.78, 5) is 10.3. The van der Waals surface area contributed by atoms with Gasteiger partial charge in [-0.1, -0.05) is 30.3 Å². The van der Waals surface area contributed by atoms with Crippen LogP contribution in [0.15, 0.2) is 30.3 Å². The van der Waals surface area contributed by atoms with Crippen molar-refractivity contribution in [2.24, 2.45) is 0 Å². The Labute approximate surface area is 88.6 Å². The standard InChI is InChI=1S/C11H15NO3/c1-8(12-11(14)15)10(13)7-9-5-3-2-4-6-9/h2-6,8,10,12-13H,7H2,1H3,(H,14,15)/t8-,10+/m0/s1. The highest BCUT2D eigenvalue weighted by Crippen LogP contribution is 2.05. The van der Waals surface area contributed by atoms with E-state index in [1.54, 1.807) is 6.92 Å². The summed E-state index contributed by atoms with van der Waals surface area (Å²) in [5, 5.41) is 20.4. The van der Waals surface area contributed by atoms with Crippen LogP contribution in [0.1, 0.15) is 12.5 Å². The van der Waals surface area contributed by atoms with Gasteiger partial charge in [0, 0.05) is 6.42 Å². The largest absolute Gasteiger partial charge is 0.465 e. The fraction of sp³-hybridized carbons (Fsp3) is 0.364. The Morgan fingerprint density at radius 2 is 2.00 bits per heavy atom. The van der Waals surface area contributed by atoms with E-state index in [2.05, 4.69) is 5.32 Å². The summed E-state index contributed by atoms with van der Waals surface area (Å²) in [5.74, 6) is 0. The van der Waals surface area contributed by atoms with Gasteiger partial charge in [-0.15, -0.1) is 0 Å². The first kappa shape index (κ1) is 11.5. The van der Waals surface area contributed by atoms with E-state index >= 15 is 0 Å². The second-order valence-electron chi connectivity index (χ2n) is 3.50. The molecule has 15 heavy (non-hydrogen) atoms. The fourth-order valence-corrected chi connectivity index (χ4v) is 1.32. The Kier molecular flexibility index (Phi) is 4.12. The highest BCUT2D eigenvalue weighted by molar-refractivity contribution is 5.64. The van der Waals surface area contributed by atoms with Crippen molar-refractivity contribution < 1.29 is 15.0 Å². The van der Waals surface area contributed by atoms with E-state index in [9.17, 15) is 9.90 Å². The molecule has 0 heterocycles. The summed E-state index contributed by atoms with van der Waals surface area (Å²) in [5.41, 5.74) is 0.990. The molecule has 1 aromatic carbocycles. The maximum absolute atomic E-state index is 10.3. The van der Waals surface area contributed by atoms with Crippen LogP contribution in [0, 0.1) is 0 Å². The number of rotatable bonds is 4. The maximum atomic E-state index is 10.3. The zero-order valence-corrected chi connectivity index (χ0v) is 8.55. The highest BCUT2D eigenvalue weighted by atomic mass is 16.4. The second-order valence-corrected chi connectivity index (χ2v) is 3.50. The lowest BCUT2D eigenvalue weighted by atomic mass is 10.0. The molecule has 2 atom stereocenters. The molecule has 0 unspecified atom stereocenters. The molecule has 1 rings (SSSR count). The molecule has 0 aliphatic rings. The minimum absolute atomic E-state index is 0.447. The van der Waals surface area contributed by atoms with Crippen molar-refractivity contribution in [3.63, 3.8) is 0 Å². The Balaban J connectivity index is 2.48. The normalized spacial score (nSPS) is 14.3. The van der Waals surface area contributed by atoms with Gasteiger partial charge < -0.3 is 15.5 Å². The molecule has 4 heteroatoms. The zero-order valence-electron chi connectivity index (χ0n) is 8.55. The van der Waals surface area contributed by atoms with Crippen LogP contribution in [0.2, 0.25) is 0 Å². The Morgan fingerprint density at radius 1 is 1.40 bits per heavy atom. The third kappa shape index (κ3) is 3.99. The van der Waals surface area contributed by atoms with Crippen LogP contribution < -0.4 is 5.32 Å². The number of nitrogens with one attached hydrogen (secondary N) is 1. The van der Waals surface area contributed by atoms with Crippen LogP contribution in [0.25, 0.3) is 0 Å². The van der Waals surface area contributed by atoms with E-state index in [1.165, 1.54) is 0 Å². The molecule has 0 spiro atoms. The number of hydrogen-bond acceptors (Lipinski definition) is 2. The van der Waals surface area contributed by atoms with Gasteiger partial charge in [0.25, 0.3) is 0 Å². The molecule has 1 amide bonds. The predicted octanol–water partition coefficient (Wildman–Crippen LogP) is 1.25. The molecule has 0 radical (unpaired) electrons. The van der Waals surface area contributed by atoms with Gasteiger partial charge >= 0.3 is 6.09 Å². The Hall–Kier alpha value is -1.55. The summed E-state index contributed by atoms with van der Waals surface area (Å²) >= 11 is 0. The van der Waals surface area contributed by atoms with Crippen LogP contribution in [-0.4, -0.2) is 28.5 Å². The average Bonchev–Trinajstić information content (AvgIpc) is 2.18. The number of hydrogen-bond donors (Lipinski definition) is 3. The van der Waals surface area contributed by atoms with Gasteiger partial charge in [-0.25, -0.2) is 4.79 Å². The number of carbonyl (C=O) groups is 1. The van der Waals surface area contributed by atoms with E-state index in [1.807, 2.05) is 30.3 Å². The summed E-state index contributed by atoms with van der Waals surface area (Å²) in [6.45, 7) is 1.64. The number of carboxylic acid groups (broad SMARTS) is 1. The van der Waals surface area contributed by atoms with Crippen LogP contribution in [0.5, 0.6) is 0 Å². The van der Waals surface area contributed by atoms with Gasteiger partial charge in [0.1, 0.15) is 0 Å². The predicted molar refractivity (Wildman–Crippen MR) is 56.8 cm³/mol. The van der Waals surface area contributed by atoms with Gasteiger partial charge in [0.15, 0.2) is 0 Å².